The van der Waals surface area contributed by atoms with Gasteiger partial charge in [0.25, 0.3) is 0 Å². The van der Waals surface area contributed by atoms with Crippen LogP contribution in [0.3, 0.4) is 0 Å². The molecule has 0 radical (unpaired) electrons. The SMILES string of the molecule is CCCCCCCCCCCCCCCCCCCC(=O)O[C@@H](COC(=O)CCCCCCCCCCCCCCCCC(C)C)COC(=O)CCCCCCCCCCCC(C)C. The molecule has 0 saturated heterocycles. The second-order valence-corrected chi connectivity index (χ2v) is 20.9. The van der Waals surface area contributed by atoms with Crippen LogP contribution >= 0.6 is 0 Å². The van der Waals surface area contributed by atoms with Gasteiger partial charge in [0, 0.05) is 19.3 Å². The minimum atomic E-state index is -0.763. The fourth-order valence-corrected chi connectivity index (χ4v) is 8.87. The van der Waals surface area contributed by atoms with E-state index in [9.17, 15) is 14.4 Å². The summed E-state index contributed by atoms with van der Waals surface area (Å²) in [5.74, 6) is 0.812. The Morgan fingerprint density at radius 2 is 0.516 bits per heavy atom. The summed E-state index contributed by atoms with van der Waals surface area (Å²) in [7, 11) is 0. The van der Waals surface area contributed by atoms with Crippen molar-refractivity contribution in [3.05, 3.63) is 0 Å². The molecule has 0 aliphatic rings. The van der Waals surface area contributed by atoms with Crippen molar-refractivity contribution in [2.24, 2.45) is 11.8 Å². The number of rotatable bonds is 52. The standard InChI is InChI=1S/C58H112O6/c1-6-7-8-9-10-11-12-13-14-15-16-21-24-29-35-40-45-50-58(61)64-55(52-63-57(60)49-44-39-34-30-25-27-32-37-42-47-54(4)5)51-62-56(59)48-43-38-33-28-23-20-18-17-19-22-26-31-36-41-46-53(2)3/h53-55H,6-52H2,1-5H3/t55-/m0/s1. The molecule has 0 amide bonds. The summed E-state index contributed by atoms with van der Waals surface area (Å²) in [5.41, 5.74) is 0. The van der Waals surface area contributed by atoms with Gasteiger partial charge in [0.1, 0.15) is 13.2 Å². The maximum Gasteiger partial charge on any atom is 0.306 e. The van der Waals surface area contributed by atoms with Crippen LogP contribution in [-0.4, -0.2) is 37.2 Å². The van der Waals surface area contributed by atoms with Crippen molar-refractivity contribution in [1.82, 2.24) is 0 Å². The Kier molecular flexibility index (Phi) is 49.6. The number of esters is 3. The maximum atomic E-state index is 12.8. The van der Waals surface area contributed by atoms with Gasteiger partial charge >= 0.3 is 17.9 Å². The molecule has 0 N–H and O–H groups in total. The molecule has 0 spiro atoms. The van der Waals surface area contributed by atoms with Crippen LogP contribution in [0.1, 0.15) is 324 Å². The Labute approximate surface area is 399 Å². The smallest absolute Gasteiger partial charge is 0.306 e. The van der Waals surface area contributed by atoms with Crippen LogP contribution in [0.5, 0.6) is 0 Å². The first-order chi connectivity index (χ1) is 31.2. The highest BCUT2D eigenvalue weighted by Gasteiger charge is 2.19. The summed E-state index contributed by atoms with van der Waals surface area (Å²) < 4.78 is 16.9. The van der Waals surface area contributed by atoms with Crippen molar-refractivity contribution >= 4 is 17.9 Å². The molecule has 0 aromatic heterocycles. The number of hydrogen-bond acceptors (Lipinski definition) is 6. The van der Waals surface area contributed by atoms with Gasteiger partial charge in [-0.05, 0) is 31.1 Å². The zero-order valence-corrected chi connectivity index (χ0v) is 43.9. The lowest BCUT2D eigenvalue weighted by Crippen LogP contribution is -2.30. The number of carbonyl (C=O) groups excluding carboxylic acids is 3. The van der Waals surface area contributed by atoms with Gasteiger partial charge in [-0.2, -0.15) is 0 Å². The Morgan fingerprint density at radius 3 is 0.766 bits per heavy atom. The Hall–Kier alpha value is -1.59. The van der Waals surface area contributed by atoms with Crippen molar-refractivity contribution < 1.29 is 28.6 Å². The molecule has 64 heavy (non-hydrogen) atoms. The summed E-state index contributed by atoms with van der Waals surface area (Å²) in [4.78, 5) is 38.1. The molecule has 0 aromatic rings. The molecule has 0 saturated carbocycles. The zero-order chi connectivity index (χ0) is 46.8. The fourth-order valence-electron chi connectivity index (χ4n) is 8.87. The van der Waals surface area contributed by atoms with E-state index in [1.54, 1.807) is 0 Å². The summed E-state index contributed by atoms with van der Waals surface area (Å²) in [6.45, 7) is 11.4. The van der Waals surface area contributed by atoms with Crippen molar-refractivity contribution in [2.45, 2.75) is 330 Å². The van der Waals surface area contributed by atoms with Crippen molar-refractivity contribution in [3.63, 3.8) is 0 Å². The minimum Gasteiger partial charge on any atom is -0.462 e. The first-order valence-corrected chi connectivity index (χ1v) is 28.7. The molecule has 1 atom stereocenters. The molecule has 380 valence electrons. The normalized spacial score (nSPS) is 12.0. The minimum absolute atomic E-state index is 0.0630. The van der Waals surface area contributed by atoms with Gasteiger partial charge in [-0.25, -0.2) is 0 Å². The van der Waals surface area contributed by atoms with Crippen molar-refractivity contribution in [2.75, 3.05) is 13.2 Å². The maximum absolute atomic E-state index is 12.8. The third-order valence-corrected chi connectivity index (χ3v) is 13.2. The molecule has 6 nitrogen and oxygen atoms in total. The zero-order valence-electron chi connectivity index (χ0n) is 43.9. The van der Waals surface area contributed by atoms with E-state index < -0.39 is 6.10 Å². The van der Waals surface area contributed by atoms with Crippen LogP contribution in [0, 0.1) is 11.8 Å². The number of unbranched alkanes of at least 4 members (excludes halogenated alkanes) is 37. The predicted molar refractivity (Wildman–Crippen MR) is 275 cm³/mol. The number of ether oxygens (including phenoxy) is 3. The Morgan fingerprint density at radius 1 is 0.297 bits per heavy atom. The van der Waals surface area contributed by atoms with E-state index in [2.05, 4.69) is 34.6 Å². The lowest BCUT2D eigenvalue weighted by Gasteiger charge is -2.18. The summed E-state index contributed by atoms with van der Waals surface area (Å²) in [6, 6.07) is 0. The highest BCUT2D eigenvalue weighted by Crippen LogP contribution is 2.18. The van der Waals surface area contributed by atoms with Crippen LogP contribution in [0.15, 0.2) is 0 Å². The first kappa shape index (κ1) is 62.4. The van der Waals surface area contributed by atoms with Crippen molar-refractivity contribution in [1.29, 1.82) is 0 Å². The predicted octanol–water partition coefficient (Wildman–Crippen LogP) is 18.9. The average Bonchev–Trinajstić information content (AvgIpc) is 3.27. The van der Waals surface area contributed by atoms with E-state index in [1.165, 1.54) is 212 Å². The molecule has 0 rings (SSSR count). The molecule has 0 aliphatic heterocycles. The van der Waals surface area contributed by atoms with Crippen LogP contribution in [0.2, 0.25) is 0 Å². The fraction of sp³-hybridized carbons (Fsp3) is 0.948. The monoisotopic (exact) mass is 905 g/mol. The molecule has 0 aromatic carbocycles. The van der Waals surface area contributed by atoms with E-state index in [4.69, 9.17) is 14.2 Å². The van der Waals surface area contributed by atoms with E-state index >= 15 is 0 Å². The molecular formula is C58H112O6. The molecule has 0 aliphatic carbocycles. The molecular weight excluding hydrogens is 793 g/mol. The lowest BCUT2D eigenvalue weighted by molar-refractivity contribution is -0.167. The largest absolute Gasteiger partial charge is 0.462 e. The van der Waals surface area contributed by atoms with Gasteiger partial charge in [-0.1, -0.05) is 285 Å². The first-order valence-electron chi connectivity index (χ1n) is 28.7. The molecule has 0 heterocycles. The van der Waals surface area contributed by atoms with Crippen LogP contribution in [0.25, 0.3) is 0 Å². The van der Waals surface area contributed by atoms with Crippen LogP contribution in [0.4, 0.5) is 0 Å². The third-order valence-electron chi connectivity index (χ3n) is 13.2. The highest BCUT2D eigenvalue weighted by atomic mass is 16.6. The molecule has 0 fully saturated rings. The van der Waals surface area contributed by atoms with Gasteiger partial charge in [0.2, 0.25) is 0 Å². The highest BCUT2D eigenvalue weighted by molar-refractivity contribution is 5.71. The number of hydrogen-bond donors (Lipinski definition) is 0. The summed E-state index contributed by atoms with van der Waals surface area (Å²) >= 11 is 0. The second-order valence-electron chi connectivity index (χ2n) is 20.9. The molecule has 0 unspecified atom stereocenters. The van der Waals surface area contributed by atoms with E-state index in [0.717, 1.165) is 69.6 Å². The summed E-state index contributed by atoms with van der Waals surface area (Å²) in [6.07, 6.45) is 53.8. The van der Waals surface area contributed by atoms with Crippen LogP contribution in [-0.2, 0) is 28.6 Å². The van der Waals surface area contributed by atoms with Gasteiger partial charge in [-0.3, -0.25) is 14.4 Å². The van der Waals surface area contributed by atoms with E-state index in [-0.39, 0.29) is 31.1 Å². The Balaban J connectivity index is 4.28. The van der Waals surface area contributed by atoms with Crippen LogP contribution < -0.4 is 0 Å². The topological polar surface area (TPSA) is 78.9 Å². The summed E-state index contributed by atoms with van der Waals surface area (Å²) in [5, 5.41) is 0. The lowest BCUT2D eigenvalue weighted by atomic mass is 10.0. The second kappa shape index (κ2) is 50.8. The van der Waals surface area contributed by atoms with Gasteiger partial charge < -0.3 is 14.2 Å². The van der Waals surface area contributed by atoms with Gasteiger partial charge in [0.05, 0.1) is 0 Å². The van der Waals surface area contributed by atoms with Crippen molar-refractivity contribution in [3.8, 4) is 0 Å². The number of carbonyl (C=O) groups is 3. The van der Waals surface area contributed by atoms with Gasteiger partial charge in [0.15, 0.2) is 6.10 Å². The third kappa shape index (κ3) is 51.4. The van der Waals surface area contributed by atoms with Gasteiger partial charge in [-0.15, -0.1) is 0 Å². The van der Waals surface area contributed by atoms with E-state index in [1.807, 2.05) is 0 Å². The Bertz CT molecular complexity index is 978. The molecule has 6 heteroatoms. The molecule has 0 bridgehead atoms. The van der Waals surface area contributed by atoms with E-state index in [0.29, 0.717) is 19.3 Å². The quantitative estimate of drug-likeness (QED) is 0.0344. The average molecular weight is 906 g/mol.